The van der Waals surface area contributed by atoms with Gasteiger partial charge >= 0.3 is 0 Å². The Kier molecular flexibility index (Phi) is 3.71. The molecule has 2 atom stereocenters. The fourth-order valence-corrected chi connectivity index (χ4v) is 4.04. The molecule has 0 bridgehead atoms. The highest BCUT2D eigenvalue weighted by Gasteiger charge is 2.24. The molecular formula is C15H19NO2S. The predicted octanol–water partition coefficient (Wildman–Crippen LogP) is 2.78. The van der Waals surface area contributed by atoms with Crippen LogP contribution in [0.3, 0.4) is 0 Å². The monoisotopic (exact) mass is 277 g/mol. The normalized spacial score (nSPS) is 24.5. The lowest BCUT2D eigenvalue weighted by atomic mass is 10.0. The maximum Gasteiger partial charge on any atom is 0.134 e. The number of furan rings is 1. The number of hydrogen-bond acceptors (Lipinski definition) is 3. The summed E-state index contributed by atoms with van der Waals surface area (Å²) in [6.45, 7) is 3.06. The van der Waals surface area contributed by atoms with E-state index in [0.29, 0.717) is 5.75 Å². The molecule has 3 nitrogen and oxygen atoms in total. The predicted molar refractivity (Wildman–Crippen MR) is 78.8 cm³/mol. The Morgan fingerprint density at radius 1 is 1.42 bits per heavy atom. The minimum atomic E-state index is -0.743. The molecule has 1 aliphatic rings. The molecular weight excluding hydrogens is 258 g/mol. The average molecular weight is 277 g/mol. The van der Waals surface area contributed by atoms with Crippen LogP contribution >= 0.6 is 0 Å². The molecule has 1 fully saturated rings. The lowest BCUT2D eigenvalue weighted by Gasteiger charge is -2.14. The number of rotatable bonds is 2. The third kappa shape index (κ3) is 2.47. The van der Waals surface area contributed by atoms with Crippen LogP contribution in [0.1, 0.15) is 30.7 Å². The molecule has 4 heteroatoms. The quantitative estimate of drug-likeness (QED) is 0.918. The van der Waals surface area contributed by atoms with Gasteiger partial charge in [-0.05, 0) is 25.5 Å². The number of benzene rings is 1. The van der Waals surface area contributed by atoms with Crippen LogP contribution in [0.15, 0.2) is 28.7 Å². The van der Waals surface area contributed by atoms with Crippen LogP contribution in [0.2, 0.25) is 0 Å². The van der Waals surface area contributed by atoms with Gasteiger partial charge in [0.05, 0.1) is 6.04 Å². The minimum Gasteiger partial charge on any atom is -0.459 e. The van der Waals surface area contributed by atoms with Crippen LogP contribution in [0.5, 0.6) is 0 Å². The van der Waals surface area contributed by atoms with Crippen molar-refractivity contribution >= 4 is 21.8 Å². The van der Waals surface area contributed by atoms with Gasteiger partial charge in [0.15, 0.2) is 0 Å². The van der Waals surface area contributed by atoms with Gasteiger partial charge in [0.1, 0.15) is 11.3 Å². The highest BCUT2D eigenvalue weighted by atomic mass is 32.2. The Bertz CT molecular complexity index is 605. The fraction of sp³-hybridized carbons (Fsp3) is 0.467. The summed E-state index contributed by atoms with van der Waals surface area (Å²) < 4.78 is 17.9. The number of hydrogen-bond donors (Lipinski definition) is 1. The van der Waals surface area contributed by atoms with Crippen LogP contribution in [0.4, 0.5) is 0 Å². The fourth-order valence-electron chi connectivity index (χ4n) is 2.77. The Hall–Kier alpha value is -1.13. The van der Waals surface area contributed by atoms with Gasteiger partial charge in [-0.25, -0.2) is 0 Å². The van der Waals surface area contributed by atoms with Crippen LogP contribution in [-0.4, -0.2) is 22.3 Å². The van der Waals surface area contributed by atoms with Crippen molar-refractivity contribution in [3.8, 4) is 0 Å². The topological polar surface area (TPSA) is 42.2 Å². The zero-order chi connectivity index (χ0) is 13.2. The summed E-state index contributed by atoms with van der Waals surface area (Å²) in [6, 6.07) is 8.24. The number of fused-ring (bicyclic) bond motifs is 1. The molecule has 1 aromatic heterocycles. The van der Waals surface area contributed by atoms with Crippen LogP contribution < -0.4 is 5.32 Å². The summed E-state index contributed by atoms with van der Waals surface area (Å²) in [7, 11) is -0.743. The second-order valence-electron chi connectivity index (χ2n) is 4.97. The molecule has 0 amide bonds. The summed E-state index contributed by atoms with van der Waals surface area (Å²) in [5.41, 5.74) is 2.19. The third-order valence-corrected chi connectivity index (χ3v) is 5.14. The molecule has 2 heterocycles. The largest absolute Gasteiger partial charge is 0.459 e. The van der Waals surface area contributed by atoms with Gasteiger partial charge in [0.2, 0.25) is 0 Å². The summed E-state index contributed by atoms with van der Waals surface area (Å²) in [5.74, 6) is 2.44. The van der Waals surface area contributed by atoms with Gasteiger partial charge in [-0.2, -0.15) is 0 Å². The van der Waals surface area contributed by atoms with Crippen molar-refractivity contribution in [2.24, 2.45) is 0 Å². The highest BCUT2D eigenvalue weighted by Crippen LogP contribution is 2.31. The number of aryl methyl sites for hydroxylation is 1. The van der Waals surface area contributed by atoms with Gasteiger partial charge in [-0.1, -0.05) is 25.1 Å². The molecule has 0 radical (unpaired) electrons. The summed E-state index contributed by atoms with van der Waals surface area (Å²) in [6.07, 6.45) is 1.92. The Balaban J connectivity index is 2.05. The first-order valence-electron chi connectivity index (χ1n) is 6.88. The van der Waals surface area contributed by atoms with E-state index in [-0.39, 0.29) is 6.04 Å². The van der Waals surface area contributed by atoms with E-state index in [2.05, 4.69) is 18.3 Å². The molecule has 1 N–H and O–H groups in total. The van der Waals surface area contributed by atoms with Crippen molar-refractivity contribution in [1.82, 2.24) is 5.32 Å². The number of nitrogens with one attached hydrogen (secondary N) is 1. The first kappa shape index (κ1) is 12.9. The minimum absolute atomic E-state index is 0.0886. The molecule has 0 aliphatic carbocycles. The molecule has 1 saturated heterocycles. The third-order valence-electron chi connectivity index (χ3n) is 3.69. The zero-order valence-electron chi connectivity index (χ0n) is 11.1. The van der Waals surface area contributed by atoms with E-state index in [0.717, 1.165) is 36.5 Å². The van der Waals surface area contributed by atoms with E-state index in [4.69, 9.17) is 4.42 Å². The van der Waals surface area contributed by atoms with Gasteiger partial charge in [0.25, 0.3) is 0 Å². The van der Waals surface area contributed by atoms with E-state index in [1.807, 2.05) is 18.2 Å². The van der Waals surface area contributed by atoms with Gasteiger partial charge in [-0.3, -0.25) is 4.21 Å². The first-order valence-corrected chi connectivity index (χ1v) is 8.37. The Morgan fingerprint density at radius 2 is 2.26 bits per heavy atom. The molecule has 2 unspecified atom stereocenters. The lowest BCUT2D eigenvalue weighted by Crippen LogP contribution is -2.24. The van der Waals surface area contributed by atoms with E-state index >= 15 is 0 Å². The standard InChI is InChI=1S/C15H19NO2S/c1-2-11-12-6-3-4-7-14(12)18-15(11)13-10-19(17)9-5-8-16-13/h3-4,6-7,13,16H,2,5,8-10H2,1H3. The summed E-state index contributed by atoms with van der Waals surface area (Å²) in [5, 5.41) is 4.67. The van der Waals surface area contributed by atoms with Gasteiger partial charge < -0.3 is 9.73 Å². The highest BCUT2D eigenvalue weighted by molar-refractivity contribution is 7.85. The second kappa shape index (κ2) is 5.47. The Labute approximate surface area is 115 Å². The average Bonchev–Trinajstić information content (AvgIpc) is 2.66. The molecule has 3 rings (SSSR count). The van der Waals surface area contributed by atoms with Crippen molar-refractivity contribution in [3.05, 3.63) is 35.6 Å². The SMILES string of the molecule is CCc1c(C2CS(=O)CCCN2)oc2ccccc12. The van der Waals surface area contributed by atoms with Gasteiger partial charge in [0, 0.05) is 33.3 Å². The summed E-state index contributed by atoms with van der Waals surface area (Å²) in [4.78, 5) is 0. The summed E-state index contributed by atoms with van der Waals surface area (Å²) >= 11 is 0. The van der Waals surface area contributed by atoms with Crippen molar-refractivity contribution in [2.45, 2.75) is 25.8 Å². The number of para-hydroxylation sites is 1. The molecule has 19 heavy (non-hydrogen) atoms. The zero-order valence-corrected chi connectivity index (χ0v) is 12.0. The van der Waals surface area contributed by atoms with E-state index in [1.54, 1.807) is 0 Å². The van der Waals surface area contributed by atoms with Crippen molar-refractivity contribution in [1.29, 1.82) is 0 Å². The second-order valence-corrected chi connectivity index (χ2v) is 6.59. The van der Waals surface area contributed by atoms with Crippen LogP contribution in [-0.2, 0) is 17.2 Å². The molecule has 1 aromatic carbocycles. The Morgan fingerprint density at radius 3 is 3.11 bits per heavy atom. The maximum atomic E-state index is 11.9. The smallest absolute Gasteiger partial charge is 0.134 e. The van der Waals surface area contributed by atoms with Crippen molar-refractivity contribution < 1.29 is 8.63 Å². The van der Waals surface area contributed by atoms with Crippen molar-refractivity contribution in [2.75, 3.05) is 18.1 Å². The van der Waals surface area contributed by atoms with Crippen molar-refractivity contribution in [3.63, 3.8) is 0 Å². The first-order chi connectivity index (χ1) is 9.29. The van der Waals surface area contributed by atoms with Crippen LogP contribution in [0.25, 0.3) is 11.0 Å². The molecule has 2 aromatic rings. The van der Waals surface area contributed by atoms with Gasteiger partial charge in [-0.15, -0.1) is 0 Å². The molecule has 0 saturated carbocycles. The van der Waals surface area contributed by atoms with E-state index in [1.165, 1.54) is 10.9 Å². The molecule has 0 spiro atoms. The molecule has 1 aliphatic heterocycles. The molecule has 102 valence electrons. The van der Waals surface area contributed by atoms with Crippen LogP contribution in [0, 0.1) is 0 Å². The van der Waals surface area contributed by atoms with E-state index in [9.17, 15) is 4.21 Å². The lowest BCUT2D eigenvalue weighted by molar-refractivity contribution is 0.454. The van der Waals surface area contributed by atoms with E-state index < -0.39 is 10.8 Å². The maximum absolute atomic E-state index is 11.9.